The van der Waals surface area contributed by atoms with Crippen LogP contribution in [0, 0.1) is 0 Å². The molecule has 3 rings (SSSR count). The summed E-state index contributed by atoms with van der Waals surface area (Å²) in [6.45, 7) is 0. The van der Waals surface area contributed by atoms with Crippen LogP contribution in [-0.4, -0.2) is 17.9 Å². The fourth-order valence-corrected chi connectivity index (χ4v) is 2.57. The molecule has 1 aromatic heterocycles. The number of pyridine rings is 1. The van der Waals surface area contributed by atoms with Gasteiger partial charge in [-0.3, -0.25) is 9.78 Å². The van der Waals surface area contributed by atoms with E-state index >= 15 is 0 Å². The molecular weight excluding hydrogens is 250 g/mol. The number of fused-ring (bicyclic) bond motifs is 1. The maximum atomic E-state index is 12.5. The monoisotopic (exact) mass is 265 g/mol. The van der Waals surface area contributed by atoms with Gasteiger partial charge in [-0.05, 0) is 36.6 Å². The van der Waals surface area contributed by atoms with Crippen LogP contribution in [0.4, 0.5) is 0 Å². The first kappa shape index (κ1) is 12.6. The number of Topliss-reactive ketones (excluding diaryl/α,β-unsaturated/α-hetero) is 1. The summed E-state index contributed by atoms with van der Waals surface area (Å²) in [5.41, 5.74) is 3.56. The van der Waals surface area contributed by atoms with Crippen LogP contribution >= 0.6 is 0 Å². The number of ketones is 1. The summed E-state index contributed by atoms with van der Waals surface area (Å²) < 4.78 is 5.33. The number of ether oxygens (including phenoxy) is 1. The van der Waals surface area contributed by atoms with Crippen molar-refractivity contribution in [1.29, 1.82) is 0 Å². The zero-order valence-electron chi connectivity index (χ0n) is 11.3. The van der Waals surface area contributed by atoms with Gasteiger partial charge in [0.1, 0.15) is 5.75 Å². The van der Waals surface area contributed by atoms with Crippen molar-refractivity contribution in [1.82, 2.24) is 4.98 Å². The van der Waals surface area contributed by atoms with Gasteiger partial charge in [0, 0.05) is 29.1 Å². The minimum atomic E-state index is 0.0917. The molecule has 3 nitrogen and oxygen atoms in total. The molecule has 0 saturated carbocycles. The Morgan fingerprint density at radius 3 is 2.85 bits per heavy atom. The molecular formula is C17H15NO2. The number of carbonyl (C=O) groups excluding carboxylic acids is 1. The third-order valence-corrected chi connectivity index (χ3v) is 3.56. The van der Waals surface area contributed by atoms with Crippen LogP contribution in [0.5, 0.6) is 5.75 Å². The number of carbonyl (C=O) groups is 1. The average molecular weight is 265 g/mol. The first-order valence-corrected chi connectivity index (χ1v) is 6.61. The Kier molecular flexibility index (Phi) is 3.33. The molecule has 0 spiro atoms. The first-order chi connectivity index (χ1) is 9.79. The minimum absolute atomic E-state index is 0.0917. The molecule has 1 aliphatic rings. The van der Waals surface area contributed by atoms with Crippen LogP contribution < -0.4 is 4.74 Å². The Morgan fingerprint density at radius 1 is 1.20 bits per heavy atom. The SMILES string of the molecule is COc1cccc2c1CC/C(=C/c1cccnc1)C2=O. The molecule has 0 unspecified atom stereocenters. The minimum Gasteiger partial charge on any atom is -0.496 e. The van der Waals surface area contributed by atoms with E-state index in [1.54, 1.807) is 19.5 Å². The van der Waals surface area contributed by atoms with Crippen molar-refractivity contribution in [3.05, 3.63) is 65.0 Å². The van der Waals surface area contributed by atoms with Crippen molar-refractivity contribution in [3.63, 3.8) is 0 Å². The molecule has 1 aliphatic carbocycles. The van der Waals surface area contributed by atoms with Gasteiger partial charge in [-0.1, -0.05) is 18.2 Å². The van der Waals surface area contributed by atoms with Gasteiger partial charge in [0.25, 0.3) is 0 Å². The van der Waals surface area contributed by atoms with Crippen LogP contribution in [-0.2, 0) is 6.42 Å². The van der Waals surface area contributed by atoms with E-state index in [0.717, 1.165) is 40.9 Å². The molecule has 0 aliphatic heterocycles. The van der Waals surface area contributed by atoms with E-state index in [4.69, 9.17) is 4.74 Å². The first-order valence-electron chi connectivity index (χ1n) is 6.61. The van der Waals surface area contributed by atoms with Gasteiger partial charge < -0.3 is 4.74 Å². The summed E-state index contributed by atoms with van der Waals surface area (Å²) in [4.78, 5) is 16.6. The summed E-state index contributed by atoms with van der Waals surface area (Å²) in [6, 6.07) is 9.46. The molecule has 0 atom stereocenters. The summed E-state index contributed by atoms with van der Waals surface area (Å²) in [5, 5.41) is 0. The predicted octanol–water partition coefficient (Wildman–Crippen LogP) is 3.30. The number of rotatable bonds is 2. The van der Waals surface area contributed by atoms with E-state index in [-0.39, 0.29) is 5.78 Å². The highest BCUT2D eigenvalue weighted by atomic mass is 16.5. The van der Waals surface area contributed by atoms with Crippen LogP contribution in [0.2, 0.25) is 0 Å². The third-order valence-electron chi connectivity index (χ3n) is 3.56. The lowest BCUT2D eigenvalue weighted by Gasteiger charge is -2.19. The van der Waals surface area contributed by atoms with Gasteiger partial charge >= 0.3 is 0 Å². The highest BCUT2D eigenvalue weighted by Gasteiger charge is 2.24. The zero-order valence-corrected chi connectivity index (χ0v) is 11.3. The third kappa shape index (κ3) is 2.23. The number of hydrogen-bond acceptors (Lipinski definition) is 3. The fourth-order valence-electron chi connectivity index (χ4n) is 2.57. The van der Waals surface area contributed by atoms with Gasteiger partial charge in [0.2, 0.25) is 0 Å². The second-order valence-electron chi connectivity index (χ2n) is 4.77. The Morgan fingerprint density at radius 2 is 2.10 bits per heavy atom. The fraction of sp³-hybridized carbons (Fsp3) is 0.176. The van der Waals surface area contributed by atoms with Crippen LogP contribution in [0.3, 0.4) is 0 Å². The van der Waals surface area contributed by atoms with E-state index in [1.807, 2.05) is 36.4 Å². The van der Waals surface area contributed by atoms with E-state index in [2.05, 4.69) is 4.98 Å². The van der Waals surface area contributed by atoms with Gasteiger partial charge in [-0.2, -0.15) is 0 Å². The Balaban J connectivity index is 2.00. The highest BCUT2D eigenvalue weighted by Crippen LogP contribution is 2.32. The lowest BCUT2D eigenvalue weighted by Crippen LogP contribution is -2.15. The molecule has 0 N–H and O–H groups in total. The number of hydrogen-bond donors (Lipinski definition) is 0. The largest absolute Gasteiger partial charge is 0.496 e. The van der Waals surface area contributed by atoms with E-state index in [1.165, 1.54) is 0 Å². The molecule has 0 saturated heterocycles. The lowest BCUT2D eigenvalue weighted by atomic mass is 9.85. The van der Waals surface area contributed by atoms with E-state index < -0.39 is 0 Å². The summed E-state index contributed by atoms with van der Waals surface area (Å²) in [7, 11) is 1.64. The smallest absolute Gasteiger partial charge is 0.189 e. The number of methoxy groups -OCH3 is 1. The number of aromatic nitrogens is 1. The maximum Gasteiger partial charge on any atom is 0.189 e. The molecule has 1 aromatic carbocycles. The summed E-state index contributed by atoms with van der Waals surface area (Å²) in [5.74, 6) is 0.894. The van der Waals surface area contributed by atoms with Crippen LogP contribution in [0.25, 0.3) is 6.08 Å². The highest BCUT2D eigenvalue weighted by molar-refractivity contribution is 6.13. The lowest BCUT2D eigenvalue weighted by molar-refractivity contribution is 0.102. The van der Waals surface area contributed by atoms with Crippen molar-refractivity contribution in [3.8, 4) is 5.75 Å². The van der Waals surface area contributed by atoms with Gasteiger partial charge in [0.15, 0.2) is 5.78 Å². The molecule has 3 heteroatoms. The molecule has 2 aromatic rings. The summed E-state index contributed by atoms with van der Waals surface area (Å²) in [6.07, 6.45) is 6.99. The van der Waals surface area contributed by atoms with Gasteiger partial charge in [-0.25, -0.2) is 0 Å². The average Bonchev–Trinajstić information content (AvgIpc) is 2.51. The molecule has 0 amide bonds. The normalized spacial score (nSPS) is 16.1. The maximum absolute atomic E-state index is 12.5. The molecule has 0 bridgehead atoms. The van der Waals surface area contributed by atoms with Crippen molar-refractivity contribution >= 4 is 11.9 Å². The van der Waals surface area contributed by atoms with E-state index in [9.17, 15) is 4.79 Å². The van der Waals surface area contributed by atoms with Crippen molar-refractivity contribution in [2.45, 2.75) is 12.8 Å². The van der Waals surface area contributed by atoms with Crippen molar-refractivity contribution in [2.75, 3.05) is 7.11 Å². The Labute approximate surface area is 117 Å². The van der Waals surface area contributed by atoms with Gasteiger partial charge in [-0.15, -0.1) is 0 Å². The van der Waals surface area contributed by atoms with Crippen molar-refractivity contribution in [2.24, 2.45) is 0 Å². The topological polar surface area (TPSA) is 39.2 Å². The number of allylic oxidation sites excluding steroid dienone is 1. The zero-order chi connectivity index (χ0) is 13.9. The quantitative estimate of drug-likeness (QED) is 0.782. The molecule has 1 heterocycles. The second-order valence-corrected chi connectivity index (χ2v) is 4.77. The Hall–Kier alpha value is -2.42. The van der Waals surface area contributed by atoms with Crippen LogP contribution in [0.15, 0.2) is 48.3 Å². The standard InChI is InChI=1S/C17H15NO2/c1-20-16-6-2-5-15-14(16)8-7-13(17(15)19)10-12-4-3-9-18-11-12/h2-6,9-11H,7-8H2,1H3/b13-10-. The molecule has 20 heavy (non-hydrogen) atoms. The van der Waals surface area contributed by atoms with Gasteiger partial charge in [0.05, 0.1) is 7.11 Å². The van der Waals surface area contributed by atoms with Crippen molar-refractivity contribution < 1.29 is 9.53 Å². The van der Waals surface area contributed by atoms with Crippen LogP contribution in [0.1, 0.15) is 27.9 Å². The predicted molar refractivity (Wildman–Crippen MR) is 77.9 cm³/mol. The molecule has 0 fully saturated rings. The molecule has 0 radical (unpaired) electrons. The van der Waals surface area contributed by atoms with E-state index in [0.29, 0.717) is 0 Å². The second kappa shape index (κ2) is 5.29. The Bertz CT molecular complexity index is 675. The number of benzene rings is 1. The number of nitrogens with zero attached hydrogens (tertiary/aromatic N) is 1. The summed E-state index contributed by atoms with van der Waals surface area (Å²) >= 11 is 0. The molecule has 100 valence electrons.